The predicted molar refractivity (Wildman–Crippen MR) is 105 cm³/mol. The minimum Gasteiger partial charge on any atom is -0.376 e. The van der Waals surface area contributed by atoms with Gasteiger partial charge in [0.25, 0.3) is 0 Å². The topological polar surface area (TPSA) is 89.0 Å². The number of carbonyl (C=O) groups is 1. The van der Waals surface area contributed by atoms with Gasteiger partial charge in [-0.05, 0) is 31.2 Å². The monoisotopic (exact) mass is 390 g/mol. The zero-order chi connectivity index (χ0) is 19.2. The number of hydrogen-bond donors (Lipinski definition) is 2. The van der Waals surface area contributed by atoms with Gasteiger partial charge in [-0.3, -0.25) is 9.36 Å². The van der Waals surface area contributed by atoms with Crippen LogP contribution in [0.3, 0.4) is 0 Å². The predicted octanol–water partition coefficient (Wildman–Crippen LogP) is 2.15. The van der Waals surface area contributed by atoms with Crippen molar-refractivity contribution in [3.8, 4) is 0 Å². The molecule has 2 aromatic rings. The van der Waals surface area contributed by atoms with Crippen molar-refractivity contribution in [3.05, 3.63) is 46.4 Å². The first-order valence-electron chi connectivity index (χ1n) is 9.30. The van der Waals surface area contributed by atoms with E-state index in [0.29, 0.717) is 18.2 Å². The van der Waals surface area contributed by atoms with Crippen molar-refractivity contribution in [2.45, 2.75) is 55.7 Å². The van der Waals surface area contributed by atoms with E-state index in [1.165, 1.54) is 17.3 Å². The molecule has 8 heteroatoms. The summed E-state index contributed by atoms with van der Waals surface area (Å²) in [6.07, 6.45) is 1.99. The molecule has 0 aliphatic carbocycles. The van der Waals surface area contributed by atoms with E-state index < -0.39 is 0 Å². The molecule has 0 radical (unpaired) electrons. The quantitative estimate of drug-likeness (QED) is 0.674. The van der Waals surface area contributed by atoms with Crippen molar-refractivity contribution in [1.29, 1.82) is 0 Å². The number of rotatable bonds is 8. The van der Waals surface area contributed by atoms with Crippen molar-refractivity contribution >= 4 is 17.7 Å². The maximum absolute atomic E-state index is 12.5. The zero-order valence-corrected chi connectivity index (χ0v) is 16.5. The third kappa shape index (κ3) is 5.23. The molecule has 27 heavy (non-hydrogen) atoms. The molecule has 1 saturated heterocycles. The summed E-state index contributed by atoms with van der Waals surface area (Å²) in [6, 6.07) is 10.1. The summed E-state index contributed by atoms with van der Waals surface area (Å²) in [5.41, 5.74) is 0.925. The minimum absolute atomic E-state index is 0.0375. The number of H-pyrrole nitrogens is 1. The number of aromatic nitrogens is 3. The van der Waals surface area contributed by atoms with Gasteiger partial charge in [0.05, 0.1) is 17.9 Å². The van der Waals surface area contributed by atoms with Gasteiger partial charge in [-0.2, -0.15) is 0 Å². The van der Waals surface area contributed by atoms with E-state index in [0.717, 1.165) is 19.4 Å². The lowest BCUT2D eigenvalue weighted by Gasteiger charge is -2.16. The highest BCUT2D eigenvalue weighted by molar-refractivity contribution is 8.00. The first kappa shape index (κ1) is 19.7. The number of amides is 1. The maximum atomic E-state index is 12.5. The smallest absolute Gasteiger partial charge is 0.344 e. The molecule has 3 rings (SSSR count). The summed E-state index contributed by atoms with van der Waals surface area (Å²) in [7, 11) is 0. The van der Waals surface area contributed by atoms with E-state index in [9.17, 15) is 9.59 Å². The maximum Gasteiger partial charge on any atom is 0.344 e. The number of carbonyl (C=O) groups excluding carboxylic acids is 1. The highest BCUT2D eigenvalue weighted by atomic mass is 32.2. The highest BCUT2D eigenvalue weighted by Gasteiger charge is 2.23. The van der Waals surface area contributed by atoms with Crippen LogP contribution in [-0.2, 0) is 16.1 Å². The van der Waals surface area contributed by atoms with E-state index >= 15 is 0 Å². The number of aromatic amines is 1. The second-order valence-electron chi connectivity index (χ2n) is 6.87. The van der Waals surface area contributed by atoms with Crippen LogP contribution in [0, 0.1) is 0 Å². The SMILES string of the molecule is CC(Sc1n[nH]c(=O)n1CC1CCCO1)C(=O)NCC(C)c1ccccc1. The highest BCUT2D eigenvalue weighted by Crippen LogP contribution is 2.22. The number of ether oxygens (including phenoxy) is 1. The Morgan fingerprint density at radius 1 is 1.41 bits per heavy atom. The van der Waals surface area contributed by atoms with E-state index in [4.69, 9.17) is 4.74 Å². The molecule has 0 saturated carbocycles. The fraction of sp³-hybridized carbons (Fsp3) is 0.526. The van der Waals surface area contributed by atoms with Gasteiger partial charge in [-0.15, -0.1) is 5.10 Å². The van der Waals surface area contributed by atoms with Crippen LogP contribution < -0.4 is 11.0 Å². The Bertz CT molecular complexity index is 799. The first-order chi connectivity index (χ1) is 13.0. The zero-order valence-electron chi connectivity index (χ0n) is 15.7. The van der Waals surface area contributed by atoms with Gasteiger partial charge >= 0.3 is 5.69 Å². The number of thioether (sulfide) groups is 1. The van der Waals surface area contributed by atoms with Crippen LogP contribution in [0.25, 0.3) is 0 Å². The van der Waals surface area contributed by atoms with Crippen LogP contribution in [0.2, 0.25) is 0 Å². The summed E-state index contributed by atoms with van der Waals surface area (Å²) in [5, 5.41) is 9.71. The lowest BCUT2D eigenvalue weighted by molar-refractivity contribution is -0.120. The molecule has 0 spiro atoms. The molecular formula is C19H26N4O3S. The van der Waals surface area contributed by atoms with Crippen molar-refractivity contribution in [2.75, 3.05) is 13.2 Å². The molecule has 1 aromatic heterocycles. The third-order valence-corrected chi connectivity index (χ3v) is 5.83. The average Bonchev–Trinajstić information content (AvgIpc) is 3.32. The van der Waals surface area contributed by atoms with Crippen LogP contribution in [0.4, 0.5) is 0 Å². The van der Waals surface area contributed by atoms with E-state index in [1.807, 2.05) is 25.1 Å². The summed E-state index contributed by atoms with van der Waals surface area (Å²) < 4.78 is 7.17. The van der Waals surface area contributed by atoms with E-state index in [1.54, 1.807) is 4.57 Å². The van der Waals surface area contributed by atoms with Crippen LogP contribution in [0.5, 0.6) is 0 Å². The lowest BCUT2D eigenvalue weighted by Crippen LogP contribution is -2.34. The lowest BCUT2D eigenvalue weighted by atomic mass is 10.0. The molecule has 1 aromatic carbocycles. The van der Waals surface area contributed by atoms with Gasteiger partial charge in [-0.25, -0.2) is 9.89 Å². The molecule has 7 nitrogen and oxygen atoms in total. The summed E-state index contributed by atoms with van der Waals surface area (Å²) >= 11 is 1.28. The van der Waals surface area contributed by atoms with Crippen LogP contribution in [-0.4, -0.2) is 45.2 Å². The minimum atomic E-state index is -0.355. The molecule has 3 atom stereocenters. The third-order valence-electron chi connectivity index (χ3n) is 4.74. The fourth-order valence-electron chi connectivity index (χ4n) is 3.05. The Balaban J connectivity index is 1.54. The molecule has 146 valence electrons. The van der Waals surface area contributed by atoms with Gasteiger partial charge in [0.1, 0.15) is 0 Å². The summed E-state index contributed by atoms with van der Waals surface area (Å²) in [4.78, 5) is 24.5. The number of hydrogen-bond acceptors (Lipinski definition) is 5. The standard InChI is InChI=1S/C19H26N4O3S/c1-13(15-7-4-3-5-8-15)11-20-17(24)14(2)27-19-22-21-18(25)23(19)12-16-9-6-10-26-16/h3-5,7-8,13-14,16H,6,9-12H2,1-2H3,(H,20,24)(H,21,25). The van der Waals surface area contributed by atoms with Crippen molar-refractivity contribution in [1.82, 2.24) is 20.1 Å². The van der Waals surface area contributed by atoms with Gasteiger partial charge in [-0.1, -0.05) is 49.0 Å². The second-order valence-corrected chi connectivity index (χ2v) is 8.18. The molecule has 3 unspecified atom stereocenters. The van der Waals surface area contributed by atoms with E-state index in [2.05, 4.69) is 34.6 Å². The second kappa shape index (κ2) is 9.23. The fourth-order valence-corrected chi connectivity index (χ4v) is 3.94. The molecule has 0 bridgehead atoms. The first-order valence-corrected chi connectivity index (χ1v) is 10.2. The Hall–Kier alpha value is -2.06. The van der Waals surface area contributed by atoms with E-state index in [-0.39, 0.29) is 28.9 Å². The molecular weight excluding hydrogens is 364 g/mol. The number of benzene rings is 1. The summed E-state index contributed by atoms with van der Waals surface area (Å²) in [5.74, 6) is 0.164. The van der Waals surface area contributed by atoms with Crippen LogP contribution >= 0.6 is 11.8 Å². The largest absolute Gasteiger partial charge is 0.376 e. The van der Waals surface area contributed by atoms with Crippen LogP contribution in [0.15, 0.2) is 40.3 Å². The molecule has 1 amide bonds. The van der Waals surface area contributed by atoms with Crippen molar-refractivity contribution in [2.24, 2.45) is 0 Å². The Morgan fingerprint density at radius 3 is 2.89 bits per heavy atom. The Labute approximate surface area is 162 Å². The Kier molecular flexibility index (Phi) is 6.73. The van der Waals surface area contributed by atoms with Gasteiger partial charge in [0.2, 0.25) is 5.91 Å². The molecule has 1 aliphatic heterocycles. The average molecular weight is 391 g/mol. The van der Waals surface area contributed by atoms with Gasteiger partial charge < -0.3 is 10.1 Å². The molecule has 1 fully saturated rings. The van der Waals surface area contributed by atoms with Crippen molar-refractivity contribution < 1.29 is 9.53 Å². The molecule has 1 aliphatic rings. The molecule has 2 heterocycles. The Morgan fingerprint density at radius 2 is 2.19 bits per heavy atom. The van der Waals surface area contributed by atoms with Gasteiger partial charge in [0, 0.05) is 13.2 Å². The normalized spacial score (nSPS) is 19.0. The number of nitrogens with one attached hydrogen (secondary N) is 2. The van der Waals surface area contributed by atoms with Crippen LogP contribution in [0.1, 0.15) is 38.2 Å². The summed E-state index contributed by atoms with van der Waals surface area (Å²) in [6.45, 7) is 5.68. The number of nitrogens with zero attached hydrogens (tertiary/aromatic N) is 2. The molecule has 2 N–H and O–H groups in total. The van der Waals surface area contributed by atoms with Crippen molar-refractivity contribution in [3.63, 3.8) is 0 Å². The van der Waals surface area contributed by atoms with Gasteiger partial charge in [0.15, 0.2) is 5.16 Å².